The zero-order valence-corrected chi connectivity index (χ0v) is 69.7. The van der Waals surface area contributed by atoms with E-state index >= 15 is 0 Å². The zero-order valence-electron chi connectivity index (χ0n) is 69.7. The molecule has 2 aliphatic heterocycles. The smallest absolute Gasteiger partial charge is 0.220 e. The van der Waals surface area contributed by atoms with Crippen molar-refractivity contribution < 1.29 is 64.6 Å². The summed E-state index contributed by atoms with van der Waals surface area (Å²) in [5, 5.41) is 88.1. The van der Waals surface area contributed by atoms with Crippen LogP contribution in [-0.2, 0) is 23.7 Å². The monoisotopic (exact) mass is 1510 g/mol. The van der Waals surface area contributed by atoms with E-state index in [2.05, 4.69) is 31.3 Å². The molecule has 0 aromatic rings. The number of amides is 1. The summed E-state index contributed by atoms with van der Waals surface area (Å²) in [6.07, 6.45) is 83.1. The Morgan fingerprint density at radius 3 is 0.896 bits per heavy atom. The van der Waals surface area contributed by atoms with Gasteiger partial charge in [-0.1, -0.05) is 443 Å². The van der Waals surface area contributed by atoms with E-state index < -0.39 is 86.8 Å². The molecule has 14 heteroatoms. The third-order valence-electron chi connectivity index (χ3n) is 23.5. The van der Waals surface area contributed by atoms with Crippen LogP contribution in [0, 0.1) is 0 Å². The molecule has 0 spiro atoms. The van der Waals surface area contributed by atoms with Crippen molar-refractivity contribution >= 4 is 5.91 Å². The fraction of sp³-hybridized carbons (Fsp3) is 0.967. The topological polar surface area (TPSA) is 228 Å². The number of nitrogens with one attached hydrogen (secondary N) is 1. The maximum Gasteiger partial charge on any atom is 0.220 e. The lowest BCUT2D eigenvalue weighted by molar-refractivity contribution is -0.359. The van der Waals surface area contributed by atoms with Gasteiger partial charge in [0, 0.05) is 6.42 Å². The first-order chi connectivity index (χ1) is 52.1. The fourth-order valence-corrected chi connectivity index (χ4v) is 16.1. The largest absolute Gasteiger partial charge is 0.394 e. The molecular formula is C92H179NO13. The lowest BCUT2D eigenvalue weighted by Gasteiger charge is -2.46. The van der Waals surface area contributed by atoms with E-state index in [1.54, 1.807) is 0 Å². The Labute approximate surface area is 654 Å². The molecule has 0 aromatic carbocycles. The Balaban J connectivity index is 1.52. The predicted molar refractivity (Wildman–Crippen MR) is 443 cm³/mol. The van der Waals surface area contributed by atoms with Crippen LogP contribution in [0.4, 0.5) is 0 Å². The molecule has 106 heavy (non-hydrogen) atoms. The van der Waals surface area contributed by atoms with Crippen molar-refractivity contribution in [2.24, 2.45) is 0 Å². The Kier molecular flexibility index (Phi) is 72.6. The Bertz CT molecular complexity index is 1830. The lowest BCUT2D eigenvalue weighted by atomic mass is 9.97. The van der Waals surface area contributed by atoms with Crippen LogP contribution in [0.25, 0.3) is 0 Å². The van der Waals surface area contributed by atoms with Crippen molar-refractivity contribution in [3.63, 3.8) is 0 Å². The normalized spacial score (nSPS) is 21.2. The molecule has 9 N–H and O–H groups in total. The second kappa shape index (κ2) is 76.4. The summed E-state index contributed by atoms with van der Waals surface area (Å²) in [7, 11) is 0. The molecule has 2 heterocycles. The number of hydrogen-bond acceptors (Lipinski definition) is 13. The number of rotatable bonds is 82. The van der Waals surface area contributed by atoms with Gasteiger partial charge in [0.05, 0.1) is 32.0 Å². The van der Waals surface area contributed by atoms with Gasteiger partial charge in [0.25, 0.3) is 0 Å². The molecule has 0 bridgehead atoms. The molecule has 14 nitrogen and oxygen atoms in total. The van der Waals surface area contributed by atoms with Crippen LogP contribution in [0.1, 0.15) is 476 Å². The Morgan fingerprint density at radius 1 is 0.330 bits per heavy atom. The van der Waals surface area contributed by atoms with Gasteiger partial charge >= 0.3 is 0 Å². The molecule has 2 rings (SSSR count). The summed E-state index contributed by atoms with van der Waals surface area (Å²) < 4.78 is 23.0. The van der Waals surface area contributed by atoms with Crippen LogP contribution in [0.3, 0.4) is 0 Å². The predicted octanol–water partition coefficient (Wildman–Crippen LogP) is 23.2. The lowest BCUT2D eigenvalue weighted by Crippen LogP contribution is -2.65. The van der Waals surface area contributed by atoms with Gasteiger partial charge in [-0.05, 0) is 38.5 Å². The number of allylic oxidation sites excluding steroid dienone is 2. The summed E-state index contributed by atoms with van der Waals surface area (Å²) in [5.74, 6) is -0.194. The molecule has 2 aliphatic rings. The van der Waals surface area contributed by atoms with E-state index in [1.165, 1.54) is 398 Å². The first-order valence-corrected chi connectivity index (χ1v) is 46.9. The fourth-order valence-electron chi connectivity index (χ4n) is 16.1. The summed E-state index contributed by atoms with van der Waals surface area (Å²) in [4.78, 5) is 13.5. The highest BCUT2D eigenvalue weighted by molar-refractivity contribution is 5.76. The molecule has 2 fully saturated rings. The number of aliphatic hydroxyl groups is 8. The molecule has 0 radical (unpaired) electrons. The molecule has 1 amide bonds. The molecule has 2 saturated heterocycles. The number of carbonyl (C=O) groups is 1. The maximum atomic E-state index is 13.5. The summed E-state index contributed by atoms with van der Waals surface area (Å²) in [6, 6.07) is -0.827. The van der Waals surface area contributed by atoms with Gasteiger partial charge in [-0.2, -0.15) is 0 Å². The molecule has 630 valence electrons. The maximum absolute atomic E-state index is 13.5. The van der Waals surface area contributed by atoms with Crippen molar-refractivity contribution in [2.45, 2.75) is 550 Å². The van der Waals surface area contributed by atoms with Crippen LogP contribution in [0.15, 0.2) is 12.2 Å². The van der Waals surface area contributed by atoms with Crippen molar-refractivity contribution in [2.75, 3.05) is 19.8 Å². The highest BCUT2D eigenvalue weighted by atomic mass is 16.7. The minimum atomic E-state index is -1.78. The third-order valence-corrected chi connectivity index (χ3v) is 23.5. The minimum absolute atomic E-state index is 0.194. The van der Waals surface area contributed by atoms with Crippen LogP contribution in [0.5, 0.6) is 0 Å². The summed E-state index contributed by atoms with van der Waals surface area (Å²) in [6.45, 7) is 2.95. The molecule has 0 saturated carbocycles. The van der Waals surface area contributed by atoms with Crippen molar-refractivity contribution in [3.8, 4) is 0 Å². The second-order valence-electron chi connectivity index (χ2n) is 33.5. The number of aliphatic hydroxyl groups excluding tert-OH is 8. The number of ether oxygens (including phenoxy) is 4. The van der Waals surface area contributed by atoms with Gasteiger partial charge in [0.15, 0.2) is 12.6 Å². The SMILES string of the molecule is CCCCCCCCCC/C=C\CCCCCCCCCCCCCCCCCCCCCCCCCCCCCCCC(=O)NC(COC1OC(CO)C(OC2OC(CO)C(O)C(O)C2O)C(O)C1O)C(O)CCCCCCCCCCCCCCCCCCCCCCCCCCCCCCCCC. The molecular weight excluding hydrogens is 1330 g/mol. The average Bonchev–Trinajstić information content (AvgIpc) is 0.790. The average molecular weight is 1510 g/mol. The number of carbonyl (C=O) groups excluding carboxylic acids is 1. The number of unbranched alkanes of at least 4 members (excludes halogenated alkanes) is 67. The summed E-state index contributed by atoms with van der Waals surface area (Å²) in [5.41, 5.74) is 0. The van der Waals surface area contributed by atoms with Gasteiger partial charge in [-0.25, -0.2) is 0 Å². The van der Waals surface area contributed by atoms with Gasteiger partial charge in [0.1, 0.15) is 48.8 Å². The zero-order chi connectivity index (χ0) is 76.5. The van der Waals surface area contributed by atoms with E-state index in [4.69, 9.17) is 18.9 Å². The second-order valence-corrected chi connectivity index (χ2v) is 33.5. The van der Waals surface area contributed by atoms with E-state index in [0.717, 1.165) is 51.4 Å². The van der Waals surface area contributed by atoms with Crippen LogP contribution >= 0.6 is 0 Å². The van der Waals surface area contributed by atoms with Crippen LogP contribution in [-0.4, -0.2) is 140 Å². The summed E-state index contributed by atoms with van der Waals surface area (Å²) >= 11 is 0. The molecule has 0 aliphatic carbocycles. The van der Waals surface area contributed by atoms with Crippen molar-refractivity contribution in [3.05, 3.63) is 12.2 Å². The van der Waals surface area contributed by atoms with E-state index in [9.17, 15) is 45.6 Å². The van der Waals surface area contributed by atoms with E-state index in [-0.39, 0.29) is 12.5 Å². The van der Waals surface area contributed by atoms with Gasteiger partial charge in [0.2, 0.25) is 5.91 Å². The third kappa shape index (κ3) is 57.7. The van der Waals surface area contributed by atoms with Crippen molar-refractivity contribution in [1.29, 1.82) is 0 Å². The Morgan fingerprint density at radius 2 is 0.594 bits per heavy atom. The van der Waals surface area contributed by atoms with Gasteiger partial charge in [-0.15, -0.1) is 0 Å². The van der Waals surface area contributed by atoms with Gasteiger partial charge in [-0.3, -0.25) is 4.79 Å². The molecule has 12 unspecified atom stereocenters. The highest BCUT2D eigenvalue weighted by Gasteiger charge is 2.51. The van der Waals surface area contributed by atoms with E-state index in [1.807, 2.05) is 0 Å². The first-order valence-electron chi connectivity index (χ1n) is 46.9. The minimum Gasteiger partial charge on any atom is -0.394 e. The highest BCUT2D eigenvalue weighted by Crippen LogP contribution is 2.31. The number of hydrogen-bond donors (Lipinski definition) is 9. The first kappa shape index (κ1) is 101. The molecule has 0 aromatic heterocycles. The van der Waals surface area contributed by atoms with E-state index in [0.29, 0.717) is 12.8 Å². The van der Waals surface area contributed by atoms with Crippen LogP contribution in [0.2, 0.25) is 0 Å². The Hall–Kier alpha value is -1.27. The van der Waals surface area contributed by atoms with Crippen molar-refractivity contribution in [1.82, 2.24) is 5.32 Å². The molecule has 12 atom stereocenters. The standard InChI is InChI=1S/C92H179NO13/c1-3-5-7-9-11-13-15-17-19-21-23-25-27-29-31-33-35-36-37-38-39-40-41-42-43-44-46-48-50-52-54-56-58-60-62-64-66-68-70-72-74-76-84(97)93-80(79-103-91-89(102)87(100)90(83(78-95)105-91)106-92-88(101)86(99)85(98)82(77-94)104-92)81(96)75-73-71-69-67-65-63-61-59-57-55-53-51-49-47-45-34-32-30-28-26-24-22-20-18-16-14-12-10-8-6-4-2/h21,23,80-83,85-92,94-96,98-102H,3-20,22,24-79H2,1-2H3,(H,93,97)/b23-21-. The van der Waals surface area contributed by atoms with Crippen LogP contribution < -0.4 is 5.32 Å². The quantitative estimate of drug-likeness (QED) is 0.0204. The van der Waals surface area contributed by atoms with Gasteiger partial charge < -0.3 is 65.1 Å².